The average Bonchev–Trinajstić information content (AvgIpc) is 2.79. The summed E-state index contributed by atoms with van der Waals surface area (Å²) in [5.74, 6) is 0.452. The third kappa shape index (κ3) is 2.65. The predicted molar refractivity (Wildman–Crippen MR) is 85.8 cm³/mol. The molecule has 0 spiro atoms. The van der Waals surface area contributed by atoms with Gasteiger partial charge in [0.15, 0.2) is 0 Å². The van der Waals surface area contributed by atoms with E-state index in [1.54, 1.807) is 11.3 Å². The number of benzene rings is 1. The molecule has 0 fully saturated rings. The Kier molecular flexibility index (Phi) is 4.16. The Morgan fingerprint density at radius 3 is 2.95 bits per heavy atom. The van der Waals surface area contributed by atoms with Gasteiger partial charge in [-0.2, -0.15) is 0 Å². The van der Waals surface area contributed by atoms with E-state index in [0.29, 0.717) is 5.92 Å². The quantitative estimate of drug-likeness (QED) is 0.820. The van der Waals surface area contributed by atoms with Gasteiger partial charge in [0.2, 0.25) is 0 Å². The highest BCUT2D eigenvalue weighted by Crippen LogP contribution is 2.41. The molecule has 2 unspecified atom stereocenters. The number of aliphatic hydroxyl groups is 1. The molecule has 20 heavy (non-hydrogen) atoms. The van der Waals surface area contributed by atoms with Crippen LogP contribution in [0.3, 0.4) is 0 Å². The third-order valence-electron chi connectivity index (χ3n) is 4.23. The van der Waals surface area contributed by atoms with Crippen LogP contribution in [0.4, 0.5) is 0 Å². The molecule has 1 aliphatic rings. The number of thiophene rings is 1. The van der Waals surface area contributed by atoms with Crippen molar-refractivity contribution in [2.45, 2.75) is 44.6 Å². The molecule has 3 heteroatoms. The highest BCUT2D eigenvalue weighted by molar-refractivity contribution is 7.10. The van der Waals surface area contributed by atoms with E-state index in [9.17, 15) is 5.11 Å². The number of hydrogen-bond donors (Lipinski definition) is 1. The molecule has 1 aromatic carbocycles. The van der Waals surface area contributed by atoms with E-state index in [1.165, 1.54) is 24.0 Å². The second-order valence-corrected chi connectivity index (χ2v) is 6.93. The number of hydrogen-bond acceptors (Lipinski definition) is 2. The average molecular weight is 307 g/mol. The normalized spacial score (nSPS) is 19.6. The van der Waals surface area contributed by atoms with Gasteiger partial charge in [-0.15, -0.1) is 11.3 Å². The molecule has 3 rings (SSSR count). The van der Waals surface area contributed by atoms with Crippen LogP contribution in [0.1, 0.15) is 52.9 Å². The van der Waals surface area contributed by atoms with Crippen LogP contribution in [0.5, 0.6) is 0 Å². The summed E-state index contributed by atoms with van der Waals surface area (Å²) in [6, 6.07) is 8.65. The zero-order chi connectivity index (χ0) is 14.1. The van der Waals surface area contributed by atoms with E-state index in [4.69, 9.17) is 11.6 Å². The molecule has 0 saturated heterocycles. The molecule has 0 saturated carbocycles. The van der Waals surface area contributed by atoms with Crippen molar-refractivity contribution in [2.75, 3.05) is 0 Å². The first-order valence-corrected chi connectivity index (χ1v) is 8.42. The molecule has 106 valence electrons. The molecule has 2 atom stereocenters. The summed E-state index contributed by atoms with van der Waals surface area (Å²) in [5, 5.41) is 13.3. The van der Waals surface area contributed by atoms with Crippen molar-refractivity contribution >= 4 is 22.9 Å². The molecular formula is C17H19ClOS. The lowest BCUT2D eigenvalue weighted by Gasteiger charge is -2.27. The molecule has 2 aromatic rings. The monoisotopic (exact) mass is 306 g/mol. The number of halogens is 1. The first kappa shape index (κ1) is 14.1. The van der Waals surface area contributed by atoms with Crippen LogP contribution in [0, 0.1) is 6.92 Å². The van der Waals surface area contributed by atoms with Gasteiger partial charge in [0.05, 0.1) is 16.0 Å². The van der Waals surface area contributed by atoms with Gasteiger partial charge in [0, 0.05) is 0 Å². The maximum Gasteiger partial charge on any atom is 0.0902 e. The maximum absolute atomic E-state index is 10.5. The van der Waals surface area contributed by atoms with Crippen LogP contribution in [-0.4, -0.2) is 5.11 Å². The Morgan fingerprint density at radius 2 is 2.20 bits per heavy atom. The molecule has 1 aliphatic carbocycles. The lowest BCUT2D eigenvalue weighted by Crippen LogP contribution is -2.12. The van der Waals surface area contributed by atoms with Crippen molar-refractivity contribution in [2.24, 2.45) is 0 Å². The smallest absolute Gasteiger partial charge is 0.0902 e. The van der Waals surface area contributed by atoms with E-state index < -0.39 is 6.10 Å². The number of aryl methyl sites for hydroxylation is 2. The molecule has 1 nitrogen and oxygen atoms in total. The van der Waals surface area contributed by atoms with Crippen molar-refractivity contribution in [3.63, 3.8) is 0 Å². The Morgan fingerprint density at radius 1 is 1.40 bits per heavy atom. The van der Waals surface area contributed by atoms with Crippen molar-refractivity contribution in [3.05, 3.63) is 56.2 Å². The maximum atomic E-state index is 10.5. The SMILES string of the molecule is Cc1csc(C(O)CC2CCCc3ccccc32)c1Cl. The fraction of sp³-hybridized carbons (Fsp3) is 0.412. The van der Waals surface area contributed by atoms with Crippen LogP contribution in [0.15, 0.2) is 29.6 Å². The second kappa shape index (κ2) is 5.88. The van der Waals surface area contributed by atoms with Crippen molar-refractivity contribution in [1.29, 1.82) is 0 Å². The fourth-order valence-corrected chi connectivity index (χ4v) is 4.47. The van der Waals surface area contributed by atoms with E-state index in [2.05, 4.69) is 24.3 Å². The first-order valence-electron chi connectivity index (χ1n) is 7.16. The van der Waals surface area contributed by atoms with Gasteiger partial charge in [-0.25, -0.2) is 0 Å². The minimum atomic E-state index is -0.447. The highest BCUT2D eigenvalue weighted by atomic mass is 35.5. The van der Waals surface area contributed by atoms with Crippen LogP contribution in [-0.2, 0) is 6.42 Å². The second-order valence-electron chi connectivity index (χ2n) is 5.64. The molecule has 0 amide bonds. The summed E-state index contributed by atoms with van der Waals surface area (Å²) >= 11 is 7.84. The summed E-state index contributed by atoms with van der Waals surface area (Å²) in [4.78, 5) is 0.923. The number of fused-ring (bicyclic) bond motifs is 1. The van der Waals surface area contributed by atoms with Crippen LogP contribution in [0.25, 0.3) is 0 Å². The van der Waals surface area contributed by atoms with Gasteiger partial charge < -0.3 is 5.11 Å². The van der Waals surface area contributed by atoms with Gasteiger partial charge in [0.25, 0.3) is 0 Å². The molecule has 0 bridgehead atoms. The Balaban J connectivity index is 1.80. The van der Waals surface area contributed by atoms with E-state index in [-0.39, 0.29) is 0 Å². The molecule has 0 radical (unpaired) electrons. The lowest BCUT2D eigenvalue weighted by molar-refractivity contribution is 0.157. The number of rotatable bonds is 3. The Hall–Kier alpha value is -0.830. The summed E-state index contributed by atoms with van der Waals surface area (Å²) in [5.41, 5.74) is 3.93. The summed E-state index contributed by atoms with van der Waals surface area (Å²) in [6.07, 6.45) is 3.87. The van der Waals surface area contributed by atoms with Crippen LogP contribution in [0.2, 0.25) is 5.02 Å². The number of aliphatic hydroxyl groups excluding tert-OH is 1. The summed E-state index contributed by atoms with van der Waals surface area (Å²) in [6.45, 7) is 1.99. The van der Waals surface area contributed by atoms with Gasteiger partial charge in [-0.3, -0.25) is 0 Å². The minimum absolute atomic E-state index is 0.447. The third-order valence-corrected chi connectivity index (χ3v) is 6.04. The Bertz CT molecular complexity index is 605. The van der Waals surface area contributed by atoms with Gasteiger partial charge in [0.1, 0.15) is 0 Å². The molecular weight excluding hydrogens is 288 g/mol. The van der Waals surface area contributed by atoms with Crippen LogP contribution < -0.4 is 0 Å². The van der Waals surface area contributed by atoms with Gasteiger partial charge >= 0.3 is 0 Å². The molecule has 1 aromatic heterocycles. The predicted octanol–water partition coefficient (Wildman–Crippen LogP) is 5.25. The topological polar surface area (TPSA) is 20.2 Å². The minimum Gasteiger partial charge on any atom is -0.388 e. The fourth-order valence-electron chi connectivity index (χ4n) is 3.15. The van der Waals surface area contributed by atoms with Gasteiger partial charge in [-0.05, 0) is 60.6 Å². The van der Waals surface area contributed by atoms with Crippen molar-refractivity contribution < 1.29 is 5.11 Å². The molecule has 1 N–H and O–H groups in total. The van der Waals surface area contributed by atoms with E-state index >= 15 is 0 Å². The molecule has 0 aliphatic heterocycles. The highest BCUT2D eigenvalue weighted by Gasteiger charge is 2.25. The summed E-state index contributed by atoms with van der Waals surface area (Å²) in [7, 11) is 0. The first-order chi connectivity index (χ1) is 9.66. The molecule has 1 heterocycles. The standard InChI is InChI=1S/C17H19ClOS/c1-11-10-20-17(16(11)18)15(19)9-13-7-4-6-12-5-2-3-8-14(12)13/h2-3,5,8,10,13,15,19H,4,6-7,9H2,1H3. The lowest BCUT2D eigenvalue weighted by atomic mass is 9.80. The Labute approximate surface area is 129 Å². The van der Waals surface area contributed by atoms with Crippen LogP contribution >= 0.6 is 22.9 Å². The van der Waals surface area contributed by atoms with E-state index in [1.807, 2.05) is 12.3 Å². The largest absolute Gasteiger partial charge is 0.388 e. The summed E-state index contributed by atoms with van der Waals surface area (Å²) < 4.78 is 0. The van der Waals surface area contributed by atoms with Crippen molar-refractivity contribution in [1.82, 2.24) is 0 Å². The van der Waals surface area contributed by atoms with E-state index in [0.717, 1.165) is 28.3 Å². The zero-order valence-electron chi connectivity index (χ0n) is 11.6. The van der Waals surface area contributed by atoms with Gasteiger partial charge in [-0.1, -0.05) is 35.9 Å². The zero-order valence-corrected chi connectivity index (χ0v) is 13.2. The van der Waals surface area contributed by atoms with Crippen molar-refractivity contribution in [3.8, 4) is 0 Å².